The van der Waals surface area contributed by atoms with E-state index in [1.807, 2.05) is 6.92 Å². The molecule has 0 saturated carbocycles. The highest BCUT2D eigenvalue weighted by molar-refractivity contribution is 5.98. The van der Waals surface area contributed by atoms with Gasteiger partial charge in [0.25, 0.3) is 5.91 Å². The maximum Gasteiger partial charge on any atom is 0.253 e. The predicted octanol–water partition coefficient (Wildman–Crippen LogP) is 1.68. The Hall–Kier alpha value is -2.30. The van der Waals surface area contributed by atoms with Crippen molar-refractivity contribution in [3.8, 4) is 0 Å². The first-order valence-corrected chi connectivity index (χ1v) is 6.68. The van der Waals surface area contributed by atoms with E-state index < -0.39 is 0 Å². The molecule has 0 bridgehead atoms. The first kappa shape index (κ1) is 12.7. The summed E-state index contributed by atoms with van der Waals surface area (Å²) in [6.07, 6.45) is 3.68. The van der Waals surface area contributed by atoms with E-state index in [2.05, 4.69) is 9.97 Å². The van der Waals surface area contributed by atoms with Crippen LogP contribution in [0.2, 0.25) is 0 Å². The minimum absolute atomic E-state index is 0.0445. The fourth-order valence-corrected chi connectivity index (χ4v) is 2.48. The Morgan fingerprint density at radius 3 is 2.75 bits per heavy atom. The van der Waals surface area contributed by atoms with Gasteiger partial charge in [0, 0.05) is 43.4 Å². The highest BCUT2D eigenvalue weighted by Crippen LogP contribution is 2.17. The molecule has 1 amide bonds. The van der Waals surface area contributed by atoms with Crippen LogP contribution in [0.4, 0.5) is 0 Å². The van der Waals surface area contributed by atoms with Crippen molar-refractivity contribution in [1.29, 1.82) is 0 Å². The summed E-state index contributed by atoms with van der Waals surface area (Å²) in [5.41, 5.74) is 2.07. The van der Waals surface area contributed by atoms with Crippen molar-refractivity contribution >= 4 is 22.7 Å². The van der Waals surface area contributed by atoms with E-state index in [1.54, 1.807) is 35.5 Å². The molecule has 1 fully saturated rings. The van der Waals surface area contributed by atoms with E-state index in [0.29, 0.717) is 30.6 Å². The van der Waals surface area contributed by atoms with Gasteiger partial charge in [-0.05, 0) is 18.2 Å². The van der Waals surface area contributed by atoms with Gasteiger partial charge in [-0.15, -0.1) is 0 Å². The van der Waals surface area contributed by atoms with Crippen LogP contribution in [0.3, 0.4) is 0 Å². The summed E-state index contributed by atoms with van der Waals surface area (Å²) in [5.74, 6) is 0.114. The molecule has 2 aromatic rings. The number of piperidine rings is 1. The predicted molar refractivity (Wildman–Crippen MR) is 74.2 cm³/mol. The zero-order valence-electron chi connectivity index (χ0n) is 11.2. The van der Waals surface area contributed by atoms with E-state index in [-0.39, 0.29) is 17.6 Å². The molecule has 1 aliphatic rings. The topological polar surface area (TPSA) is 63.2 Å². The zero-order valence-corrected chi connectivity index (χ0v) is 11.2. The first-order valence-electron chi connectivity index (χ1n) is 6.68. The lowest BCUT2D eigenvalue weighted by Crippen LogP contribution is -2.43. The lowest BCUT2D eigenvalue weighted by molar-refractivity contribution is -0.124. The molecule has 1 aromatic carbocycles. The Balaban J connectivity index is 1.87. The highest BCUT2D eigenvalue weighted by Gasteiger charge is 2.27. The standard InChI is InChI=1S/C15H15N3O2/c1-10-9-18(7-4-14(10)19)15(20)11-2-3-12-13(8-11)17-6-5-16-12/h2-3,5-6,8,10H,4,7,9H2,1H3. The maximum absolute atomic E-state index is 12.5. The summed E-state index contributed by atoms with van der Waals surface area (Å²) in [5, 5.41) is 0. The number of carbonyl (C=O) groups is 2. The number of hydrogen-bond acceptors (Lipinski definition) is 4. The molecule has 3 rings (SSSR count). The van der Waals surface area contributed by atoms with Crippen LogP contribution in [0.1, 0.15) is 23.7 Å². The third-order valence-corrected chi connectivity index (χ3v) is 3.68. The summed E-state index contributed by atoms with van der Waals surface area (Å²) >= 11 is 0. The molecule has 0 N–H and O–H groups in total. The van der Waals surface area contributed by atoms with Crippen LogP contribution in [0.5, 0.6) is 0 Å². The van der Waals surface area contributed by atoms with Gasteiger partial charge in [-0.1, -0.05) is 6.92 Å². The fraction of sp³-hybridized carbons (Fsp3) is 0.333. The van der Waals surface area contributed by atoms with Crippen LogP contribution in [0.15, 0.2) is 30.6 Å². The number of aromatic nitrogens is 2. The Bertz CT molecular complexity index is 684. The van der Waals surface area contributed by atoms with Gasteiger partial charge in [0.2, 0.25) is 0 Å². The number of ketones is 1. The second-order valence-corrected chi connectivity index (χ2v) is 5.13. The summed E-state index contributed by atoms with van der Waals surface area (Å²) < 4.78 is 0. The average Bonchev–Trinajstić information content (AvgIpc) is 2.49. The molecule has 1 unspecified atom stereocenters. The molecule has 0 aliphatic carbocycles. The van der Waals surface area contributed by atoms with Gasteiger partial charge in [0.1, 0.15) is 5.78 Å². The molecule has 20 heavy (non-hydrogen) atoms. The van der Waals surface area contributed by atoms with Gasteiger partial charge < -0.3 is 4.90 Å². The normalized spacial score (nSPS) is 19.4. The van der Waals surface area contributed by atoms with E-state index in [9.17, 15) is 9.59 Å². The van der Waals surface area contributed by atoms with Crippen molar-refractivity contribution in [3.05, 3.63) is 36.2 Å². The quantitative estimate of drug-likeness (QED) is 0.790. The molecule has 102 valence electrons. The van der Waals surface area contributed by atoms with Crippen molar-refractivity contribution in [3.63, 3.8) is 0 Å². The minimum atomic E-state index is -0.0760. The molecular formula is C15H15N3O2. The Morgan fingerprint density at radius 1 is 1.25 bits per heavy atom. The number of hydrogen-bond donors (Lipinski definition) is 0. The smallest absolute Gasteiger partial charge is 0.253 e. The van der Waals surface area contributed by atoms with Gasteiger partial charge in [-0.2, -0.15) is 0 Å². The summed E-state index contributed by atoms with van der Waals surface area (Å²) in [4.78, 5) is 34.1. The molecule has 0 radical (unpaired) electrons. The van der Waals surface area contributed by atoms with Crippen molar-refractivity contribution in [1.82, 2.24) is 14.9 Å². The lowest BCUT2D eigenvalue weighted by atomic mass is 9.98. The van der Waals surface area contributed by atoms with E-state index >= 15 is 0 Å². The molecule has 0 spiro atoms. The number of fused-ring (bicyclic) bond motifs is 1. The fourth-order valence-electron chi connectivity index (χ4n) is 2.48. The summed E-state index contributed by atoms with van der Waals surface area (Å²) in [6.45, 7) is 2.87. The number of amides is 1. The number of benzene rings is 1. The van der Waals surface area contributed by atoms with E-state index in [0.717, 1.165) is 5.52 Å². The second-order valence-electron chi connectivity index (χ2n) is 5.13. The maximum atomic E-state index is 12.5. The van der Waals surface area contributed by atoms with Crippen molar-refractivity contribution < 1.29 is 9.59 Å². The molecule has 5 nitrogen and oxygen atoms in total. The molecular weight excluding hydrogens is 254 g/mol. The molecule has 1 aromatic heterocycles. The van der Waals surface area contributed by atoms with Crippen LogP contribution in [-0.2, 0) is 4.79 Å². The van der Waals surface area contributed by atoms with Crippen molar-refractivity contribution in [2.24, 2.45) is 5.92 Å². The molecule has 1 saturated heterocycles. The van der Waals surface area contributed by atoms with Crippen molar-refractivity contribution in [2.45, 2.75) is 13.3 Å². The summed E-state index contributed by atoms with van der Waals surface area (Å²) in [6, 6.07) is 5.32. The van der Waals surface area contributed by atoms with E-state index in [4.69, 9.17) is 0 Å². The molecule has 5 heteroatoms. The third kappa shape index (κ3) is 2.27. The van der Waals surface area contributed by atoms with Crippen LogP contribution < -0.4 is 0 Å². The van der Waals surface area contributed by atoms with Gasteiger partial charge in [-0.25, -0.2) is 0 Å². The first-order chi connectivity index (χ1) is 9.65. The van der Waals surface area contributed by atoms with Crippen molar-refractivity contribution in [2.75, 3.05) is 13.1 Å². The molecule has 2 heterocycles. The Morgan fingerprint density at radius 2 is 2.00 bits per heavy atom. The van der Waals surface area contributed by atoms with Crippen LogP contribution in [0, 0.1) is 5.92 Å². The van der Waals surface area contributed by atoms with Gasteiger partial charge in [-0.3, -0.25) is 19.6 Å². The third-order valence-electron chi connectivity index (χ3n) is 3.68. The number of rotatable bonds is 1. The average molecular weight is 269 g/mol. The monoisotopic (exact) mass is 269 g/mol. The minimum Gasteiger partial charge on any atom is -0.337 e. The number of likely N-dealkylation sites (tertiary alicyclic amines) is 1. The van der Waals surface area contributed by atoms with E-state index in [1.165, 1.54) is 0 Å². The van der Waals surface area contributed by atoms with Gasteiger partial charge in [0.05, 0.1) is 11.0 Å². The SMILES string of the molecule is CC1CN(C(=O)c2ccc3nccnc3c2)CCC1=O. The van der Waals surface area contributed by atoms with Crippen LogP contribution >= 0.6 is 0 Å². The lowest BCUT2D eigenvalue weighted by Gasteiger charge is -2.30. The van der Waals surface area contributed by atoms with Crippen LogP contribution in [-0.4, -0.2) is 39.6 Å². The Labute approximate surface area is 116 Å². The van der Waals surface area contributed by atoms with Gasteiger partial charge in [0.15, 0.2) is 0 Å². The number of nitrogens with zero attached hydrogens (tertiary/aromatic N) is 3. The largest absolute Gasteiger partial charge is 0.337 e. The van der Waals surface area contributed by atoms with Gasteiger partial charge >= 0.3 is 0 Å². The van der Waals surface area contributed by atoms with Crippen LogP contribution in [0.25, 0.3) is 11.0 Å². The number of carbonyl (C=O) groups excluding carboxylic acids is 2. The number of Topliss-reactive ketones (excluding diaryl/α,β-unsaturated/α-hetero) is 1. The molecule has 1 atom stereocenters. The second kappa shape index (κ2) is 5.00. The Kier molecular flexibility index (Phi) is 3.18. The highest BCUT2D eigenvalue weighted by atomic mass is 16.2. The zero-order chi connectivity index (χ0) is 14.1. The summed E-state index contributed by atoms with van der Waals surface area (Å²) in [7, 11) is 0. The molecule has 1 aliphatic heterocycles.